The highest BCUT2D eigenvalue weighted by Gasteiger charge is 2.06. The SMILES string of the molecule is CCCCCNC(=O)c1ccc(Nc2ccc(C#N)cc2)cn1. The Morgan fingerprint density at radius 2 is 1.87 bits per heavy atom. The van der Waals surface area contributed by atoms with Crippen LogP contribution >= 0.6 is 0 Å². The van der Waals surface area contributed by atoms with E-state index in [1.54, 1.807) is 24.4 Å². The molecule has 5 heteroatoms. The largest absolute Gasteiger partial charge is 0.354 e. The summed E-state index contributed by atoms with van der Waals surface area (Å²) in [5.41, 5.74) is 2.68. The number of amides is 1. The standard InChI is InChI=1S/C18H20N4O/c1-2-3-4-11-20-18(23)17-10-9-16(13-21-17)22-15-7-5-14(12-19)6-8-15/h5-10,13,22H,2-4,11H2,1H3,(H,20,23). The summed E-state index contributed by atoms with van der Waals surface area (Å²) < 4.78 is 0. The average Bonchev–Trinajstić information content (AvgIpc) is 2.60. The molecule has 1 aromatic heterocycles. The van der Waals surface area contributed by atoms with E-state index < -0.39 is 0 Å². The molecule has 0 saturated carbocycles. The van der Waals surface area contributed by atoms with E-state index in [0.717, 1.165) is 30.6 Å². The zero-order chi connectivity index (χ0) is 16.5. The maximum absolute atomic E-state index is 11.9. The van der Waals surface area contributed by atoms with Crippen LogP contribution in [0, 0.1) is 11.3 Å². The highest BCUT2D eigenvalue weighted by atomic mass is 16.1. The Labute approximate surface area is 136 Å². The highest BCUT2D eigenvalue weighted by Crippen LogP contribution is 2.16. The number of hydrogen-bond donors (Lipinski definition) is 2. The molecule has 0 unspecified atom stereocenters. The first-order valence-electron chi connectivity index (χ1n) is 7.74. The van der Waals surface area contributed by atoms with E-state index in [1.807, 2.05) is 18.2 Å². The Morgan fingerprint density at radius 1 is 1.13 bits per heavy atom. The first-order valence-corrected chi connectivity index (χ1v) is 7.74. The second-order valence-electron chi connectivity index (χ2n) is 5.21. The molecule has 0 spiro atoms. The monoisotopic (exact) mass is 308 g/mol. The number of rotatable bonds is 7. The molecule has 0 atom stereocenters. The van der Waals surface area contributed by atoms with Gasteiger partial charge in [-0.1, -0.05) is 19.8 Å². The van der Waals surface area contributed by atoms with Crippen LogP contribution in [0.3, 0.4) is 0 Å². The molecule has 2 N–H and O–H groups in total. The number of nitrogens with zero attached hydrogens (tertiary/aromatic N) is 2. The molecule has 1 aromatic carbocycles. The summed E-state index contributed by atoms with van der Waals surface area (Å²) in [6.45, 7) is 2.81. The van der Waals surface area contributed by atoms with E-state index in [1.165, 1.54) is 0 Å². The third-order valence-corrected chi connectivity index (χ3v) is 3.36. The molecule has 5 nitrogen and oxygen atoms in total. The van der Waals surface area contributed by atoms with Gasteiger partial charge >= 0.3 is 0 Å². The van der Waals surface area contributed by atoms with Crippen LogP contribution in [0.5, 0.6) is 0 Å². The van der Waals surface area contributed by atoms with Gasteiger partial charge in [-0.2, -0.15) is 5.26 Å². The Balaban J connectivity index is 1.90. The predicted octanol–water partition coefficient (Wildman–Crippen LogP) is 3.62. The van der Waals surface area contributed by atoms with Crippen LogP contribution in [0.2, 0.25) is 0 Å². The third kappa shape index (κ3) is 5.11. The molecule has 1 heterocycles. The van der Waals surface area contributed by atoms with E-state index in [9.17, 15) is 4.79 Å². The summed E-state index contributed by atoms with van der Waals surface area (Å²) in [5.74, 6) is -0.147. The van der Waals surface area contributed by atoms with E-state index >= 15 is 0 Å². The zero-order valence-electron chi connectivity index (χ0n) is 13.2. The third-order valence-electron chi connectivity index (χ3n) is 3.36. The van der Waals surface area contributed by atoms with Gasteiger partial charge in [0, 0.05) is 12.2 Å². The summed E-state index contributed by atoms with van der Waals surface area (Å²) in [4.78, 5) is 16.1. The van der Waals surface area contributed by atoms with Gasteiger partial charge in [-0.15, -0.1) is 0 Å². The Bertz CT molecular complexity index is 672. The second kappa shape index (κ2) is 8.54. The minimum atomic E-state index is -0.147. The number of aromatic nitrogens is 1. The van der Waals surface area contributed by atoms with Gasteiger partial charge < -0.3 is 10.6 Å². The molecular formula is C18H20N4O. The lowest BCUT2D eigenvalue weighted by atomic mass is 10.2. The molecule has 0 aliphatic carbocycles. The van der Waals surface area contributed by atoms with Crippen molar-refractivity contribution in [3.05, 3.63) is 53.9 Å². The van der Waals surface area contributed by atoms with Crippen molar-refractivity contribution < 1.29 is 4.79 Å². The van der Waals surface area contributed by atoms with Crippen molar-refractivity contribution in [1.82, 2.24) is 10.3 Å². The number of carbonyl (C=O) groups is 1. The summed E-state index contributed by atoms with van der Waals surface area (Å²) >= 11 is 0. The van der Waals surface area contributed by atoms with Crippen molar-refractivity contribution in [2.75, 3.05) is 11.9 Å². The van der Waals surface area contributed by atoms with Crippen molar-refractivity contribution in [3.8, 4) is 6.07 Å². The normalized spacial score (nSPS) is 9.91. The molecule has 2 rings (SSSR count). The number of benzene rings is 1. The number of unbranched alkanes of at least 4 members (excludes halogenated alkanes) is 2. The fourth-order valence-electron chi connectivity index (χ4n) is 2.06. The summed E-state index contributed by atoms with van der Waals surface area (Å²) in [6, 6.07) is 12.7. The van der Waals surface area contributed by atoms with E-state index in [2.05, 4.69) is 28.6 Å². The van der Waals surface area contributed by atoms with Gasteiger partial charge in [0.15, 0.2) is 0 Å². The predicted molar refractivity (Wildman–Crippen MR) is 90.5 cm³/mol. The van der Waals surface area contributed by atoms with E-state index in [0.29, 0.717) is 17.8 Å². The van der Waals surface area contributed by atoms with E-state index in [4.69, 9.17) is 5.26 Å². The average molecular weight is 308 g/mol. The fourth-order valence-corrected chi connectivity index (χ4v) is 2.06. The van der Waals surface area contributed by atoms with Crippen LogP contribution < -0.4 is 10.6 Å². The van der Waals surface area contributed by atoms with Gasteiger partial charge in [0.2, 0.25) is 0 Å². The zero-order valence-corrected chi connectivity index (χ0v) is 13.2. The van der Waals surface area contributed by atoms with Crippen molar-refractivity contribution in [2.24, 2.45) is 0 Å². The van der Waals surface area contributed by atoms with Gasteiger partial charge in [0.25, 0.3) is 5.91 Å². The van der Waals surface area contributed by atoms with Crippen LogP contribution in [0.1, 0.15) is 42.2 Å². The highest BCUT2D eigenvalue weighted by molar-refractivity contribution is 5.92. The first kappa shape index (κ1) is 16.5. The van der Waals surface area contributed by atoms with Gasteiger partial charge in [-0.05, 0) is 42.8 Å². The minimum absolute atomic E-state index is 0.147. The number of hydrogen-bond acceptors (Lipinski definition) is 4. The lowest BCUT2D eigenvalue weighted by Gasteiger charge is -2.07. The lowest BCUT2D eigenvalue weighted by molar-refractivity contribution is 0.0948. The number of nitrogens with one attached hydrogen (secondary N) is 2. The summed E-state index contributed by atoms with van der Waals surface area (Å²) in [7, 11) is 0. The van der Waals surface area contributed by atoms with Crippen molar-refractivity contribution in [3.63, 3.8) is 0 Å². The molecule has 2 aromatic rings. The quantitative estimate of drug-likeness (QED) is 0.766. The minimum Gasteiger partial charge on any atom is -0.354 e. The topological polar surface area (TPSA) is 77.8 Å². The van der Waals surface area contributed by atoms with Crippen molar-refractivity contribution in [2.45, 2.75) is 26.2 Å². The lowest BCUT2D eigenvalue weighted by Crippen LogP contribution is -2.25. The number of pyridine rings is 1. The van der Waals surface area contributed by atoms with Crippen molar-refractivity contribution >= 4 is 17.3 Å². The fraction of sp³-hybridized carbons (Fsp3) is 0.278. The van der Waals surface area contributed by atoms with E-state index in [-0.39, 0.29) is 5.91 Å². The maximum atomic E-state index is 11.9. The summed E-state index contributed by atoms with van der Waals surface area (Å²) in [5, 5.41) is 14.8. The van der Waals surface area contributed by atoms with Crippen LogP contribution in [-0.4, -0.2) is 17.4 Å². The van der Waals surface area contributed by atoms with Crippen LogP contribution in [-0.2, 0) is 0 Å². The molecule has 0 fully saturated rings. The molecule has 118 valence electrons. The Kier molecular flexibility index (Phi) is 6.13. The molecular weight excluding hydrogens is 288 g/mol. The molecule has 0 aliphatic heterocycles. The molecule has 23 heavy (non-hydrogen) atoms. The molecule has 1 amide bonds. The second-order valence-corrected chi connectivity index (χ2v) is 5.21. The van der Waals surface area contributed by atoms with Crippen LogP contribution in [0.15, 0.2) is 42.6 Å². The first-order chi connectivity index (χ1) is 11.2. The Hall–Kier alpha value is -2.87. The molecule has 0 saturated heterocycles. The number of nitriles is 1. The smallest absolute Gasteiger partial charge is 0.269 e. The summed E-state index contributed by atoms with van der Waals surface area (Å²) in [6.07, 6.45) is 4.85. The molecule has 0 aliphatic rings. The van der Waals surface area contributed by atoms with Gasteiger partial charge in [-0.3, -0.25) is 4.79 Å². The Morgan fingerprint density at radius 3 is 2.48 bits per heavy atom. The molecule has 0 bridgehead atoms. The van der Waals surface area contributed by atoms with Gasteiger partial charge in [-0.25, -0.2) is 4.98 Å². The van der Waals surface area contributed by atoms with Gasteiger partial charge in [0.1, 0.15) is 5.69 Å². The molecule has 0 radical (unpaired) electrons. The van der Waals surface area contributed by atoms with Crippen LogP contribution in [0.25, 0.3) is 0 Å². The maximum Gasteiger partial charge on any atom is 0.269 e. The number of carbonyl (C=O) groups excluding carboxylic acids is 1. The number of anilines is 2. The van der Waals surface area contributed by atoms with Crippen molar-refractivity contribution in [1.29, 1.82) is 5.26 Å². The van der Waals surface area contributed by atoms with Gasteiger partial charge in [0.05, 0.1) is 23.5 Å². The van der Waals surface area contributed by atoms with Crippen LogP contribution in [0.4, 0.5) is 11.4 Å².